The first kappa shape index (κ1) is 24.1. The summed E-state index contributed by atoms with van der Waals surface area (Å²) in [6.07, 6.45) is 1.65. The van der Waals surface area contributed by atoms with E-state index in [1.54, 1.807) is 37.6 Å². The van der Waals surface area contributed by atoms with Crippen molar-refractivity contribution >= 4 is 33.2 Å². The lowest BCUT2D eigenvalue weighted by molar-refractivity contribution is 0.400. The Morgan fingerprint density at radius 2 is 1.57 bits per heavy atom. The second-order valence-electron chi connectivity index (χ2n) is 7.88. The van der Waals surface area contributed by atoms with Crippen molar-refractivity contribution < 1.29 is 13.2 Å². The Balaban J connectivity index is 1.63. The highest BCUT2D eigenvalue weighted by Gasteiger charge is 2.21. The van der Waals surface area contributed by atoms with Gasteiger partial charge >= 0.3 is 0 Å². The number of benzene rings is 2. The molecular weight excluding hydrogens is 464 g/mol. The van der Waals surface area contributed by atoms with Gasteiger partial charge in [-0.3, -0.25) is 0 Å². The minimum atomic E-state index is -3.65. The number of para-hydroxylation sites is 1. The zero-order valence-corrected chi connectivity index (χ0v) is 20.7. The van der Waals surface area contributed by atoms with Gasteiger partial charge in [0.25, 0.3) is 0 Å². The first-order valence-corrected chi connectivity index (χ1v) is 12.2. The van der Waals surface area contributed by atoms with Crippen molar-refractivity contribution in [3.63, 3.8) is 0 Å². The molecule has 4 aromatic rings. The largest absolute Gasteiger partial charge is 0.479 e. The minimum Gasteiger partial charge on any atom is -0.479 e. The molecule has 0 fully saturated rings. The van der Waals surface area contributed by atoms with Crippen LogP contribution in [0.3, 0.4) is 0 Å². The Kier molecular flexibility index (Phi) is 6.94. The molecule has 0 aliphatic carbocycles. The van der Waals surface area contributed by atoms with Gasteiger partial charge in [-0.15, -0.1) is 0 Å². The zero-order chi connectivity index (χ0) is 25.0. The fraction of sp³-hybridized carbons (Fsp3) is 0.160. The molecule has 0 bridgehead atoms. The summed E-state index contributed by atoms with van der Waals surface area (Å²) in [5, 5.41) is 6.29. The maximum atomic E-state index is 12.8. The summed E-state index contributed by atoms with van der Waals surface area (Å²) in [6.45, 7) is 1.84. The number of nitrogens with zero attached hydrogens (tertiary/aromatic N) is 4. The van der Waals surface area contributed by atoms with Crippen LogP contribution in [0.5, 0.6) is 5.88 Å². The molecule has 2 aromatic carbocycles. The quantitative estimate of drug-likeness (QED) is 0.369. The Morgan fingerprint density at radius 1 is 0.857 bits per heavy atom. The molecule has 2 N–H and O–H groups in total. The van der Waals surface area contributed by atoms with Crippen molar-refractivity contribution in [2.24, 2.45) is 0 Å². The number of hydrogen-bond donors (Lipinski definition) is 2. The van der Waals surface area contributed by atoms with Gasteiger partial charge in [0, 0.05) is 31.4 Å². The van der Waals surface area contributed by atoms with Gasteiger partial charge in [-0.2, -0.15) is 4.98 Å². The molecule has 0 atom stereocenters. The number of rotatable bonds is 8. The smallest absolute Gasteiger partial charge is 0.244 e. The fourth-order valence-corrected chi connectivity index (χ4v) is 4.37. The van der Waals surface area contributed by atoms with Crippen LogP contribution < -0.4 is 15.4 Å². The Morgan fingerprint density at radius 3 is 2.29 bits per heavy atom. The van der Waals surface area contributed by atoms with E-state index in [1.807, 2.05) is 49.4 Å². The summed E-state index contributed by atoms with van der Waals surface area (Å²) in [5.41, 5.74) is 3.51. The van der Waals surface area contributed by atoms with Crippen LogP contribution in [0.25, 0.3) is 11.3 Å². The van der Waals surface area contributed by atoms with Crippen molar-refractivity contribution in [1.29, 1.82) is 0 Å². The molecule has 4 rings (SSSR count). The normalized spacial score (nSPS) is 11.3. The molecule has 0 radical (unpaired) electrons. The van der Waals surface area contributed by atoms with Gasteiger partial charge < -0.3 is 15.4 Å². The highest BCUT2D eigenvalue weighted by Crippen LogP contribution is 2.30. The van der Waals surface area contributed by atoms with Crippen molar-refractivity contribution in [3.05, 3.63) is 78.5 Å². The van der Waals surface area contributed by atoms with E-state index in [2.05, 4.69) is 25.6 Å². The molecule has 0 saturated heterocycles. The van der Waals surface area contributed by atoms with E-state index in [9.17, 15) is 8.42 Å². The molecule has 0 amide bonds. The molecule has 2 heterocycles. The second kappa shape index (κ2) is 10.1. The van der Waals surface area contributed by atoms with Crippen LogP contribution in [0, 0.1) is 6.92 Å². The number of hydrogen-bond acceptors (Lipinski definition) is 8. The van der Waals surface area contributed by atoms with Gasteiger partial charge in [0.2, 0.25) is 21.9 Å². The van der Waals surface area contributed by atoms with Crippen molar-refractivity contribution in [1.82, 2.24) is 19.3 Å². The molecular formula is C25H26N6O3S. The van der Waals surface area contributed by atoms with E-state index in [0.29, 0.717) is 29.0 Å². The van der Waals surface area contributed by atoms with E-state index in [-0.39, 0.29) is 4.90 Å². The molecule has 0 aliphatic heterocycles. The van der Waals surface area contributed by atoms with Gasteiger partial charge in [-0.1, -0.05) is 42.5 Å². The Bertz CT molecular complexity index is 1440. The number of aromatic nitrogens is 3. The SMILES string of the molecule is COc1nc(-c2ccccc2)ccc1Nc1ncc(C)c(Nc2ccccc2S(=O)(=O)N(C)C)n1. The van der Waals surface area contributed by atoms with Crippen molar-refractivity contribution in [2.75, 3.05) is 31.8 Å². The van der Waals surface area contributed by atoms with Crippen molar-refractivity contribution in [2.45, 2.75) is 11.8 Å². The summed E-state index contributed by atoms with van der Waals surface area (Å²) in [5.74, 6) is 1.17. The second-order valence-corrected chi connectivity index (χ2v) is 10.00. The topological polar surface area (TPSA) is 109 Å². The minimum absolute atomic E-state index is 0.153. The third-order valence-electron chi connectivity index (χ3n) is 5.24. The van der Waals surface area contributed by atoms with Crippen LogP contribution in [0.1, 0.15) is 5.56 Å². The highest BCUT2D eigenvalue weighted by molar-refractivity contribution is 7.89. The van der Waals surface area contributed by atoms with Gasteiger partial charge in [-0.25, -0.2) is 22.7 Å². The number of nitrogens with one attached hydrogen (secondary N) is 2. The maximum absolute atomic E-state index is 12.8. The molecule has 2 aromatic heterocycles. The van der Waals surface area contributed by atoms with Crippen LogP contribution in [0.15, 0.2) is 77.8 Å². The van der Waals surface area contributed by atoms with Crippen molar-refractivity contribution in [3.8, 4) is 17.1 Å². The predicted octanol–water partition coefficient (Wildman–Crippen LogP) is 4.59. The van der Waals surface area contributed by atoms with Gasteiger partial charge in [0.1, 0.15) is 16.4 Å². The molecule has 10 heteroatoms. The van der Waals surface area contributed by atoms with E-state index >= 15 is 0 Å². The fourth-order valence-electron chi connectivity index (χ4n) is 3.33. The number of pyridine rings is 1. The van der Waals surface area contributed by atoms with Crippen LogP contribution in [-0.4, -0.2) is 48.9 Å². The van der Waals surface area contributed by atoms with Crippen LogP contribution >= 0.6 is 0 Å². The lowest BCUT2D eigenvalue weighted by Gasteiger charge is -2.17. The molecule has 180 valence electrons. The van der Waals surface area contributed by atoms with Gasteiger partial charge in [0.05, 0.1) is 18.5 Å². The summed E-state index contributed by atoms with van der Waals surface area (Å²) in [7, 11) is 0.890. The number of anilines is 4. The highest BCUT2D eigenvalue weighted by atomic mass is 32.2. The van der Waals surface area contributed by atoms with Crippen LogP contribution in [0.2, 0.25) is 0 Å². The van der Waals surface area contributed by atoms with E-state index < -0.39 is 10.0 Å². The molecule has 0 spiro atoms. The lowest BCUT2D eigenvalue weighted by Crippen LogP contribution is -2.23. The van der Waals surface area contributed by atoms with Gasteiger partial charge in [-0.05, 0) is 31.2 Å². The summed E-state index contributed by atoms with van der Waals surface area (Å²) >= 11 is 0. The van der Waals surface area contributed by atoms with Crippen LogP contribution in [0.4, 0.5) is 23.1 Å². The monoisotopic (exact) mass is 490 g/mol. The summed E-state index contributed by atoms with van der Waals surface area (Å²) in [6, 6.07) is 20.2. The molecule has 9 nitrogen and oxygen atoms in total. The first-order chi connectivity index (χ1) is 16.8. The number of aryl methyl sites for hydroxylation is 1. The van der Waals surface area contributed by atoms with Crippen LogP contribution in [-0.2, 0) is 10.0 Å². The Labute approximate surface area is 204 Å². The standard InChI is InChI=1S/C25H26N6O3S/c1-17-16-26-25(29-21-15-14-19(28-24(21)34-4)18-10-6-5-7-11-18)30-23(17)27-20-12-8-9-13-22(20)35(32,33)31(2)3/h5-16H,1-4H3,(H2,26,27,29,30). The third kappa shape index (κ3) is 5.23. The maximum Gasteiger partial charge on any atom is 0.244 e. The third-order valence-corrected chi connectivity index (χ3v) is 7.11. The predicted molar refractivity (Wildman–Crippen MR) is 137 cm³/mol. The number of methoxy groups -OCH3 is 1. The molecule has 0 unspecified atom stereocenters. The van der Waals surface area contributed by atoms with Gasteiger partial charge in [0.15, 0.2) is 0 Å². The number of ether oxygens (including phenoxy) is 1. The first-order valence-electron chi connectivity index (χ1n) is 10.8. The average molecular weight is 491 g/mol. The van der Waals surface area contributed by atoms with E-state index in [0.717, 1.165) is 16.8 Å². The summed E-state index contributed by atoms with van der Waals surface area (Å²) in [4.78, 5) is 13.7. The van der Waals surface area contributed by atoms with E-state index in [4.69, 9.17) is 4.74 Å². The molecule has 0 saturated carbocycles. The number of sulfonamides is 1. The zero-order valence-electron chi connectivity index (χ0n) is 19.9. The lowest BCUT2D eigenvalue weighted by atomic mass is 10.1. The van der Waals surface area contributed by atoms with E-state index in [1.165, 1.54) is 18.4 Å². The Hall–Kier alpha value is -4.02. The molecule has 35 heavy (non-hydrogen) atoms. The average Bonchev–Trinajstić information content (AvgIpc) is 2.87. The summed E-state index contributed by atoms with van der Waals surface area (Å²) < 4.78 is 32.2. The molecule has 0 aliphatic rings.